The third-order valence-corrected chi connectivity index (χ3v) is 3.04. The predicted molar refractivity (Wildman–Crippen MR) is 55.4 cm³/mol. The number of aromatic nitrogens is 4. The molecule has 2 N–H and O–H groups in total. The van der Waals surface area contributed by atoms with Crippen molar-refractivity contribution in [2.75, 3.05) is 0 Å². The minimum Gasteiger partial charge on any atom is -0.322 e. The molecule has 0 bridgehead atoms. The predicted octanol–water partition coefficient (Wildman–Crippen LogP) is 1.33. The van der Waals surface area contributed by atoms with Crippen LogP contribution in [-0.4, -0.2) is 19.8 Å². The zero-order chi connectivity index (χ0) is 10.3. The lowest BCUT2D eigenvalue weighted by Gasteiger charge is -1.99. The van der Waals surface area contributed by atoms with Crippen molar-refractivity contribution in [2.45, 2.75) is 32.7 Å². The number of hydrogen-bond acceptors (Lipinski definition) is 5. The molecule has 1 unspecified atom stereocenters. The summed E-state index contributed by atoms with van der Waals surface area (Å²) in [5.41, 5.74) is 5.75. The van der Waals surface area contributed by atoms with Gasteiger partial charge in [-0.05, 0) is 6.92 Å². The van der Waals surface area contributed by atoms with Crippen LogP contribution < -0.4 is 5.73 Å². The molecule has 0 saturated heterocycles. The molecule has 1 atom stereocenters. The van der Waals surface area contributed by atoms with E-state index in [4.69, 9.17) is 5.73 Å². The maximum atomic E-state index is 5.75. The minimum absolute atomic E-state index is 0.0401. The molecule has 5 nitrogen and oxygen atoms in total. The molecule has 0 spiro atoms. The Morgan fingerprint density at radius 3 is 2.57 bits per heavy atom. The second-order valence-electron chi connectivity index (χ2n) is 3.64. The summed E-state index contributed by atoms with van der Waals surface area (Å²) >= 11 is 1.50. The normalized spacial score (nSPS) is 14.1. The summed E-state index contributed by atoms with van der Waals surface area (Å²) < 4.78 is 1.79. The van der Waals surface area contributed by atoms with Crippen LogP contribution in [0.1, 0.15) is 43.6 Å². The molecule has 0 saturated carbocycles. The first-order valence-corrected chi connectivity index (χ1v) is 5.39. The zero-order valence-corrected chi connectivity index (χ0v) is 9.25. The van der Waals surface area contributed by atoms with Gasteiger partial charge < -0.3 is 5.73 Å². The van der Waals surface area contributed by atoms with Gasteiger partial charge in [-0.25, -0.2) is 0 Å². The summed E-state index contributed by atoms with van der Waals surface area (Å²) in [6.45, 7) is 6.06. The van der Waals surface area contributed by atoms with Gasteiger partial charge >= 0.3 is 0 Å². The van der Waals surface area contributed by atoms with Crippen LogP contribution in [0.25, 0.3) is 4.96 Å². The topological polar surface area (TPSA) is 69.1 Å². The van der Waals surface area contributed by atoms with E-state index >= 15 is 0 Å². The maximum absolute atomic E-state index is 5.75. The Labute approximate surface area is 86.0 Å². The largest absolute Gasteiger partial charge is 0.322 e. The van der Waals surface area contributed by atoms with E-state index in [9.17, 15) is 0 Å². The van der Waals surface area contributed by atoms with Crippen LogP contribution in [0.3, 0.4) is 0 Å². The van der Waals surface area contributed by atoms with Crippen molar-refractivity contribution < 1.29 is 0 Å². The number of nitrogens with zero attached hydrogens (tertiary/aromatic N) is 4. The van der Waals surface area contributed by atoms with Gasteiger partial charge in [0.05, 0.1) is 6.04 Å². The van der Waals surface area contributed by atoms with Gasteiger partial charge in [0.1, 0.15) is 5.01 Å². The van der Waals surface area contributed by atoms with E-state index in [1.807, 2.05) is 6.92 Å². The minimum atomic E-state index is -0.0401. The van der Waals surface area contributed by atoms with Crippen molar-refractivity contribution in [1.82, 2.24) is 19.8 Å². The van der Waals surface area contributed by atoms with Crippen LogP contribution >= 0.6 is 11.3 Å². The summed E-state index contributed by atoms with van der Waals surface area (Å²) in [5.74, 6) is 1.22. The molecular weight excluding hydrogens is 198 g/mol. The molecule has 2 aromatic heterocycles. The molecule has 14 heavy (non-hydrogen) atoms. The molecule has 2 rings (SSSR count). The fourth-order valence-corrected chi connectivity index (χ4v) is 1.99. The van der Waals surface area contributed by atoms with Gasteiger partial charge in [0, 0.05) is 5.92 Å². The SMILES string of the molecule is CC(C)c1nnc2sc(C(C)N)nn12. The highest BCUT2D eigenvalue weighted by Crippen LogP contribution is 2.21. The second kappa shape index (κ2) is 3.29. The molecule has 0 aromatic carbocycles. The molecular formula is C8H13N5S. The van der Waals surface area contributed by atoms with Gasteiger partial charge in [-0.1, -0.05) is 25.2 Å². The molecule has 0 aliphatic heterocycles. The van der Waals surface area contributed by atoms with Crippen molar-refractivity contribution in [3.8, 4) is 0 Å². The Kier molecular flexibility index (Phi) is 2.24. The molecule has 0 aliphatic rings. The van der Waals surface area contributed by atoms with E-state index in [1.54, 1.807) is 4.52 Å². The van der Waals surface area contributed by atoms with Crippen molar-refractivity contribution >= 4 is 16.3 Å². The first-order valence-electron chi connectivity index (χ1n) is 4.57. The summed E-state index contributed by atoms with van der Waals surface area (Å²) in [4.78, 5) is 0.820. The molecule has 6 heteroatoms. The van der Waals surface area contributed by atoms with Crippen molar-refractivity contribution in [3.05, 3.63) is 10.8 Å². The van der Waals surface area contributed by atoms with Crippen LogP contribution in [-0.2, 0) is 0 Å². The maximum Gasteiger partial charge on any atom is 0.234 e. The monoisotopic (exact) mass is 211 g/mol. The lowest BCUT2D eigenvalue weighted by Crippen LogP contribution is -2.06. The fourth-order valence-electron chi connectivity index (χ4n) is 1.19. The molecule has 0 amide bonds. The highest BCUT2D eigenvalue weighted by molar-refractivity contribution is 7.16. The molecule has 0 radical (unpaired) electrons. The molecule has 0 fully saturated rings. The average Bonchev–Trinajstić information content (AvgIpc) is 2.58. The Hall–Kier alpha value is -1.01. The standard InChI is InChI=1S/C8H13N5S/c1-4(2)6-10-11-8-13(6)12-7(14-8)5(3)9/h4-5H,9H2,1-3H3. The summed E-state index contributed by atoms with van der Waals surface area (Å²) in [6, 6.07) is -0.0401. The van der Waals surface area contributed by atoms with Gasteiger partial charge in [-0.15, -0.1) is 10.2 Å². The fraction of sp³-hybridized carbons (Fsp3) is 0.625. The van der Waals surface area contributed by atoms with Crippen LogP contribution in [0, 0.1) is 0 Å². The van der Waals surface area contributed by atoms with Gasteiger partial charge in [-0.2, -0.15) is 9.61 Å². The zero-order valence-electron chi connectivity index (χ0n) is 8.43. The Morgan fingerprint density at radius 2 is 2.00 bits per heavy atom. The van der Waals surface area contributed by atoms with E-state index in [0.29, 0.717) is 5.92 Å². The lowest BCUT2D eigenvalue weighted by molar-refractivity contribution is 0.699. The number of fused-ring (bicyclic) bond motifs is 1. The van der Waals surface area contributed by atoms with E-state index < -0.39 is 0 Å². The van der Waals surface area contributed by atoms with E-state index in [1.165, 1.54) is 11.3 Å². The Balaban J connectivity index is 2.56. The third-order valence-electron chi connectivity index (χ3n) is 1.94. The van der Waals surface area contributed by atoms with Crippen LogP contribution in [0.2, 0.25) is 0 Å². The van der Waals surface area contributed by atoms with Crippen molar-refractivity contribution in [3.63, 3.8) is 0 Å². The molecule has 2 aromatic rings. The van der Waals surface area contributed by atoms with E-state index in [-0.39, 0.29) is 6.04 Å². The number of hydrogen-bond donors (Lipinski definition) is 1. The van der Waals surface area contributed by atoms with Gasteiger partial charge in [0.2, 0.25) is 4.96 Å². The number of rotatable bonds is 2. The van der Waals surface area contributed by atoms with E-state index in [2.05, 4.69) is 29.1 Å². The second-order valence-corrected chi connectivity index (χ2v) is 4.62. The smallest absolute Gasteiger partial charge is 0.234 e. The molecule has 76 valence electrons. The first-order chi connectivity index (χ1) is 6.59. The molecule has 0 aliphatic carbocycles. The van der Waals surface area contributed by atoms with E-state index in [0.717, 1.165) is 15.8 Å². The Bertz CT molecular complexity index is 441. The summed E-state index contributed by atoms with van der Waals surface area (Å²) in [5, 5.41) is 13.4. The van der Waals surface area contributed by atoms with Crippen molar-refractivity contribution in [2.24, 2.45) is 5.73 Å². The summed E-state index contributed by atoms with van der Waals surface area (Å²) in [6.07, 6.45) is 0. The number of nitrogens with two attached hydrogens (primary N) is 1. The first kappa shape index (κ1) is 9.54. The highest BCUT2D eigenvalue weighted by Gasteiger charge is 2.15. The van der Waals surface area contributed by atoms with Gasteiger partial charge in [-0.3, -0.25) is 0 Å². The van der Waals surface area contributed by atoms with Crippen LogP contribution in [0.4, 0.5) is 0 Å². The van der Waals surface area contributed by atoms with Crippen LogP contribution in [0.5, 0.6) is 0 Å². The Morgan fingerprint density at radius 1 is 1.29 bits per heavy atom. The molecule has 2 heterocycles. The van der Waals surface area contributed by atoms with Gasteiger partial charge in [0.25, 0.3) is 0 Å². The summed E-state index contributed by atoms with van der Waals surface area (Å²) in [7, 11) is 0. The van der Waals surface area contributed by atoms with Gasteiger partial charge in [0.15, 0.2) is 5.82 Å². The van der Waals surface area contributed by atoms with Crippen molar-refractivity contribution in [1.29, 1.82) is 0 Å². The highest BCUT2D eigenvalue weighted by atomic mass is 32.1. The lowest BCUT2D eigenvalue weighted by atomic mass is 10.2. The quantitative estimate of drug-likeness (QED) is 0.813. The third kappa shape index (κ3) is 1.40. The van der Waals surface area contributed by atoms with Crippen LogP contribution in [0.15, 0.2) is 0 Å². The average molecular weight is 211 g/mol.